The Balaban J connectivity index is 1.66. The highest BCUT2D eigenvalue weighted by atomic mass is 16.5. The van der Waals surface area contributed by atoms with Crippen LogP contribution in [0.1, 0.15) is 23.2 Å². The molecule has 3 rings (SSSR count). The van der Waals surface area contributed by atoms with E-state index in [1.807, 2.05) is 13.2 Å². The fourth-order valence-electron chi connectivity index (χ4n) is 3.29. The van der Waals surface area contributed by atoms with E-state index in [4.69, 9.17) is 0 Å². The van der Waals surface area contributed by atoms with Gasteiger partial charge in [0.1, 0.15) is 6.04 Å². The van der Waals surface area contributed by atoms with Crippen molar-refractivity contribution in [3.8, 4) is 0 Å². The number of hydrazine groups is 2. The number of esters is 1. The molecule has 3 N–H and O–H groups in total. The number of nitrogens with one attached hydrogen (secondary N) is 3. The first-order valence-electron chi connectivity index (χ1n) is 9.90. The zero-order chi connectivity index (χ0) is 21.5. The maximum Gasteiger partial charge on any atom is 0.305 e. The molecule has 10 nitrogen and oxygen atoms in total. The van der Waals surface area contributed by atoms with Gasteiger partial charge in [0.15, 0.2) is 0 Å². The molecule has 0 saturated carbocycles. The molecular formula is C20H28N6O4. The minimum Gasteiger partial charge on any atom is -0.469 e. The first-order chi connectivity index (χ1) is 14.5. The second-order valence-corrected chi connectivity index (χ2v) is 7.26. The normalized spacial score (nSPS) is 17.4. The fraction of sp³-hybridized carbons (Fsp3) is 0.450. The number of piperazine rings is 1. The van der Waals surface area contributed by atoms with Crippen LogP contribution in [-0.2, 0) is 14.3 Å². The van der Waals surface area contributed by atoms with E-state index in [2.05, 4.69) is 25.9 Å². The third kappa shape index (κ3) is 5.49. The molecule has 2 aliphatic heterocycles. The quantitative estimate of drug-likeness (QED) is 0.526. The summed E-state index contributed by atoms with van der Waals surface area (Å²) in [5.41, 5.74) is 7.04. The molecule has 1 fully saturated rings. The number of likely N-dealkylation sites (N-methyl/N-ethyl adjacent to an activating group) is 1. The number of ether oxygens (including phenoxy) is 1. The van der Waals surface area contributed by atoms with Crippen LogP contribution in [0.3, 0.4) is 0 Å². The Hall–Kier alpha value is -3.11. The summed E-state index contributed by atoms with van der Waals surface area (Å²) in [6, 6.07) is 6.19. The molecule has 0 aliphatic carbocycles. The van der Waals surface area contributed by atoms with E-state index in [0.717, 1.165) is 18.8 Å². The smallest absolute Gasteiger partial charge is 0.305 e. The second kappa shape index (κ2) is 10.1. The van der Waals surface area contributed by atoms with Crippen molar-refractivity contribution in [1.82, 2.24) is 26.1 Å². The largest absolute Gasteiger partial charge is 0.469 e. The van der Waals surface area contributed by atoms with E-state index in [1.165, 1.54) is 7.11 Å². The Morgan fingerprint density at radius 1 is 1.13 bits per heavy atom. The van der Waals surface area contributed by atoms with Crippen LogP contribution in [0.2, 0.25) is 0 Å². The molecule has 0 unspecified atom stereocenters. The maximum absolute atomic E-state index is 13.0. The van der Waals surface area contributed by atoms with Crippen LogP contribution >= 0.6 is 0 Å². The lowest BCUT2D eigenvalue weighted by Gasteiger charge is -2.34. The van der Waals surface area contributed by atoms with Crippen LogP contribution < -0.4 is 21.3 Å². The molecule has 0 bridgehead atoms. The predicted octanol–water partition coefficient (Wildman–Crippen LogP) is -0.187. The van der Waals surface area contributed by atoms with E-state index >= 15 is 0 Å². The van der Waals surface area contributed by atoms with Gasteiger partial charge in [0.05, 0.1) is 12.8 Å². The molecule has 1 atom stereocenters. The van der Waals surface area contributed by atoms with Crippen LogP contribution in [0.5, 0.6) is 0 Å². The van der Waals surface area contributed by atoms with Gasteiger partial charge < -0.3 is 25.3 Å². The number of carbonyl (C=O) groups is 3. The van der Waals surface area contributed by atoms with Crippen molar-refractivity contribution in [2.75, 3.05) is 45.3 Å². The monoisotopic (exact) mass is 416 g/mol. The number of anilines is 1. The average Bonchev–Trinajstić information content (AvgIpc) is 3.31. The zero-order valence-corrected chi connectivity index (χ0v) is 17.3. The number of carbonyl (C=O) groups excluding carboxylic acids is 3. The molecule has 1 aromatic rings. The molecular weight excluding hydrogens is 388 g/mol. The molecule has 1 aromatic carbocycles. The number of methoxy groups -OCH3 is 1. The summed E-state index contributed by atoms with van der Waals surface area (Å²) in [5, 5.41) is 4.56. The summed E-state index contributed by atoms with van der Waals surface area (Å²) in [6.45, 7) is 2.75. The molecule has 10 heteroatoms. The molecule has 162 valence electrons. The lowest BCUT2D eigenvalue weighted by atomic mass is 10.1. The van der Waals surface area contributed by atoms with Crippen molar-refractivity contribution in [2.24, 2.45) is 0 Å². The van der Waals surface area contributed by atoms with E-state index in [9.17, 15) is 14.4 Å². The zero-order valence-electron chi connectivity index (χ0n) is 17.3. The van der Waals surface area contributed by atoms with Gasteiger partial charge in [0, 0.05) is 50.6 Å². The summed E-state index contributed by atoms with van der Waals surface area (Å²) < 4.78 is 4.69. The van der Waals surface area contributed by atoms with Crippen LogP contribution in [0.25, 0.3) is 0 Å². The number of hydrogen-bond donors (Lipinski definition) is 3. The average molecular weight is 416 g/mol. The van der Waals surface area contributed by atoms with Crippen molar-refractivity contribution < 1.29 is 19.1 Å². The maximum atomic E-state index is 13.0. The summed E-state index contributed by atoms with van der Waals surface area (Å²) in [5.74, 6) is -0.944. The second-order valence-electron chi connectivity index (χ2n) is 7.26. The number of benzene rings is 1. The van der Waals surface area contributed by atoms with Crippen molar-refractivity contribution in [2.45, 2.75) is 18.9 Å². The summed E-state index contributed by atoms with van der Waals surface area (Å²) >= 11 is 0. The third-order valence-corrected chi connectivity index (χ3v) is 5.18. The molecule has 0 spiro atoms. The Morgan fingerprint density at radius 2 is 1.83 bits per heavy atom. The molecule has 0 aromatic heterocycles. The topological polar surface area (TPSA) is 106 Å². The number of hydrogen-bond acceptors (Lipinski definition) is 8. The van der Waals surface area contributed by atoms with Crippen LogP contribution in [0.4, 0.5) is 5.69 Å². The minimum absolute atomic E-state index is 0.0554. The van der Waals surface area contributed by atoms with Gasteiger partial charge in [-0.3, -0.25) is 19.4 Å². The first-order valence-corrected chi connectivity index (χ1v) is 9.90. The van der Waals surface area contributed by atoms with Gasteiger partial charge in [-0.2, -0.15) is 0 Å². The van der Waals surface area contributed by atoms with Crippen LogP contribution in [-0.4, -0.2) is 74.0 Å². The summed E-state index contributed by atoms with van der Waals surface area (Å²) in [7, 11) is 3.31. The van der Waals surface area contributed by atoms with Crippen molar-refractivity contribution >= 4 is 23.5 Å². The number of rotatable bonds is 7. The standard InChI is InChI=1S/C20H28N6O4/c1-24-11-13-25(14-12-24)20(29)17(7-8-18(27)30-2)22-19(28)15-3-5-16(6-4-15)26-10-9-21-23-26/h3-6,9-10,17,21,23H,7-8,11-14H2,1-2H3,(H,22,28)/t17-/m0/s1. The third-order valence-electron chi connectivity index (χ3n) is 5.18. The lowest BCUT2D eigenvalue weighted by Crippen LogP contribution is -2.54. The lowest BCUT2D eigenvalue weighted by molar-refractivity contribution is -0.141. The van der Waals surface area contributed by atoms with Gasteiger partial charge in [-0.05, 0) is 37.7 Å². The Labute approximate surface area is 175 Å². The summed E-state index contributed by atoms with van der Waals surface area (Å²) in [4.78, 5) is 41.3. The van der Waals surface area contributed by atoms with Gasteiger partial charge in [-0.1, -0.05) is 0 Å². The van der Waals surface area contributed by atoms with Crippen molar-refractivity contribution in [3.05, 3.63) is 42.2 Å². The molecule has 2 heterocycles. The molecule has 2 aliphatic rings. The minimum atomic E-state index is -0.785. The molecule has 30 heavy (non-hydrogen) atoms. The van der Waals surface area contributed by atoms with Crippen LogP contribution in [0, 0.1) is 0 Å². The number of amides is 2. The Bertz CT molecular complexity index is 789. The predicted molar refractivity (Wildman–Crippen MR) is 111 cm³/mol. The summed E-state index contributed by atoms with van der Waals surface area (Å²) in [6.07, 6.45) is 3.80. The van der Waals surface area contributed by atoms with Crippen LogP contribution in [0.15, 0.2) is 36.7 Å². The highest BCUT2D eigenvalue weighted by Crippen LogP contribution is 2.16. The van der Waals surface area contributed by atoms with E-state index in [0.29, 0.717) is 18.7 Å². The molecule has 0 radical (unpaired) electrons. The van der Waals surface area contributed by atoms with Gasteiger partial charge in [-0.25, -0.2) is 0 Å². The molecule has 1 saturated heterocycles. The van der Waals surface area contributed by atoms with Gasteiger partial charge in [-0.15, -0.1) is 5.53 Å². The van der Waals surface area contributed by atoms with Gasteiger partial charge in [0.2, 0.25) is 5.91 Å². The van der Waals surface area contributed by atoms with Crippen molar-refractivity contribution in [1.29, 1.82) is 0 Å². The highest BCUT2D eigenvalue weighted by molar-refractivity contribution is 5.98. The SMILES string of the molecule is COC(=O)CC[C@H](NC(=O)c1ccc(N2C=CNN2)cc1)C(=O)N1CCN(C)CC1. The highest BCUT2D eigenvalue weighted by Gasteiger charge is 2.29. The first kappa shape index (κ1) is 21.6. The Morgan fingerprint density at radius 3 is 2.43 bits per heavy atom. The Kier molecular flexibility index (Phi) is 7.26. The number of nitrogens with zero attached hydrogens (tertiary/aromatic N) is 3. The fourth-order valence-corrected chi connectivity index (χ4v) is 3.29. The van der Waals surface area contributed by atoms with E-state index < -0.39 is 12.0 Å². The van der Waals surface area contributed by atoms with Gasteiger partial charge >= 0.3 is 5.97 Å². The van der Waals surface area contributed by atoms with Gasteiger partial charge in [0.25, 0.3) is 5.91 Å². The van der Waals surface area contributed by atoms with E-state index in [1.54, 1.807) is 40.4 Å². The van der Waals surface area contributed by atoms with E-state index in [-0.39, 0.29) is 24.7 Å². The molecule has 2 amide bonds. The van der Waals surface area contributed by atoms with Crippen molar-refractivity contribution in [3.63, 3.8) is 0 Å².